The molecule has 19 heavy (non-hydrogen) atoms. The third-order valence-electron chi connectivity index (χ3n) is 3.31. The predicted molar refractivity (Wildman–Crippen MR) is 85.5 cm³/mol. The first-order valence-corrected chi connectivity index (χ1v) is 7.75. The van der Waals surface area contributed by atoms with Crippen LogP contribution in [-0.4, -0.2) is 7.05 Å². The van der Waals surface area contributed by atoms with Crippen molar-refractivity contribution in [1.29, 1.82) is 0 Å². The van der Waals surface area contributed by atoms with Crippen molar-refractivity contribution in [3.63, 3.8) is 0 Å². The van der Waals surface area contributed by atoms with Crippen molar-refractivity contribution in [2.75, 3.05) is 7.05 Å². The molecule has 0 aliphatic rings. The first kappa shape index (κ1) is 14.6. The summed E-state index contributed by atoms with van der Waals surface area (Å²) in [6, 6.07) is 7.00. The second kappa shape index (κ2) is 6.08. The topological polar surface area (TPSA) is 12.0 Å². The lowest BCUT2D eigenvalue weighted by Crippen LogP contribution is -2.18. The Morgan fingerprint density at radius 2 is 1.79 bits per heavy atom. The fourth-order valence-corrected chi connectivity index (χ4v) is 3.87. The van der Waals surface area contributed by atoms with E-state index in [4.69, 9.17) is 11.6 Å². The van der Waals surface area contributed by atoms with Gasteiger partial charge in [-0.25, -0.2) is 0 Å². The van der Waals surface area contributed by atoms with Crippen LogP contribution in [-0.2, 0) is 6.42 Å². The van der Waals surface area contributed by atoms with E-state index in [1.165, 1.54) is 27.1 Å². The van der Waals surface area contributed by atoms with Crippen molar-refractivity contribution in [3.05, 3.63) is 55.7 Å². The van der Waals surface area contributed by atoms with Crippen molar-refractivity contribution in [2.45, 2.75) is 33.2 Å². The van der Waals surface area contributed by atoms with E-state index in [2.05, 4.69) is 49.7 Å². The molecule has 0 radical (unpaired) electrons. The van der Waals surface area contributed by atoms with E-state index in [-0.39, 0.29) is 6.04 Å². The molecule has 3 heteroatoms. The van der Waals surface area contributed by atoms with Gasteiger partial charge < -0.3 is 5.32 Å². The van der Waals surface area contributed by atoms with Gasteiger partial charge >= 0.3 is 0 Å². The van der Waals surface area contributed by atoms with Gasteiger partial charge in [0.15, 0.2) is 0 Å². The number of thiophene rings is 1. The molecule has 1 atom stereocenters. The van der Waals surface area contributed by atoms with Crippen molar-refractivity contribution in [3.8, 4) is 0 Å². The van der Waals surface area contributed by atoms with E-state index in [9.17, 15) is 0 Å². The van der Waals surface area contributed by atoms with Crippen molar-refractivity contribution < 1.29 is 0 Å². The third-order valence-corrected chi connectivity index (χ3v) is 5.14. The Labute approximate surface area is 124 Å². The average molecular weight is 294 g/mol. The Bertz CT molecular complexity index is 554. The van der Waals surface area contributed by atoms with E-state index in [1.54, 1.807) is 11.3 Å². The first-order valence-electron chi connectivity index (χ1n) is 6.49. The third kappa shape index (κ3) is 3.38. The molecule has 1 nitrogen and oxygen atoms in total. The molecule has 2 aromatic rings. The second-order valence-electron chi connectivity index (χ2n) is 5.14. The number of aryl methyl sites for hydroxylation is 3. The maximum Gasteiger partial charge on any atom is 0.0590 e. The van der Waals surface area contributed by atoms with Crippen LogP contribution in [0.4, 0.5) is 0 Å². The second-order valence-corrected chi connectivity index (χ2v) is 6.43. The van der Waals surface area contributed by atoms with Crippen molar-refractivity contribution in [2.24, 2.45) is 0 Å². The number of hydrogen-bond acceptors (Lipinski definition) is 2. The van der Waals surface area contributed by atoms with Gasteiger partial charge in [-0.2, -0.15) is 0 Å². The molecule has 1 unspecified atom stereocenters. The van der Waals surface area contributed by atoms with E-state index in [0.717, 1.165) is 11.4 Å². The van der Waals surface area contributed by atoms with E-state index in [1.807, 2.05) is 7.05 Å². The van der Waals surface area contributed by atoms with Gasteiger partial charge in [-0.15, -0.1) is 11.3 Å². The molecule has 0 bridgehead atoms. The molecule has 0 aliphatic heterocycles. The van der Waals surface area contributed by atoms with Gasteiger partial charge in [0, 0.05) is 10.9 Å². The fourth-order valence-electron chi connectivity index (χ4n) is 2.43. The smallest absolute Gasteiger partial charge is 0.0590 e. The molecule has 102 valence electrons. The fraction of sp³-hybridized carbons (Fsp3) is 0.375. The van der Waals surface area contributed by atoms with Gasteiger partial charge in [0.25, 0.3) is 0 Å². The Kier molecular flexibility index (Phi) is 4.67. The molecule has 2 rings (SSSR count). The van der Waals surface area contributed by atoms with E-state index >= 15 is 0 Å². The van der Waals surface area contributed by atoms with Gasteiger partial charge in [-0.3, -0.25) is 0 Å². The Hall–Kier alpha value is -0.830. The van der Waals surface area contributed by atoms with Crippen LogP contribution >= 0.6 is 22.9 Å². The lowest BCUT2D eigenvalue weighted by molar-refractivity contribution is 0.602. The minimum atomic E-state index is 0.285. The minimum Gasteiger partial charge on any atom is -0.312 e. The Morgan fingerprint density at radius 1 is 1.16 bits per heavy atom. The summed E-state index contributed by atoms with van der Waals surface area (Å²) in [6.45, 7) is 6.35. The van der Waals surface area contributed by atoms with Gasteiger partial charge in [0.1, 0.15) is 0 Å². The first-order chi connectivity index (χ1) is 9.01. The maximum atomic E-state index is 6.38. The number of likely N-dealkylation sites (N-methyl/N-ethyl adjacent to an activating group) is 1. The summed E-state index contributed by atoms with van der Waals surface area (Å²) in [6.07, 6.45) is 0.971. The van der Waals surface area contributed by atoms with Gasteiger partial charge in [-0.05, 0) is 50.7 Å². The number of hydrogen-bond donors (Lipinski definition) is 1. The summed E-state index contributed by atoms with van der Waals surface area (Å²) in [5.41, 5.74) is 5.16. The molecule has 0 saturated carbocycles. The zero-order valence-electron chi connectivity index (χ0n) is 11.9. The number of benzene rings is 1. The monoisotopic (exact) mass is 293 g/mol. The largest absolute Gasteiger partial charge is 0.312 e. The Morgan fingerprint density at radius 3 is 2.26 bits per heavy atom. The highest BCUT2D eigenvalue weighted by Crippen LogP contribution is 2.34. The molecule has 1 N–H and O–H groups in total. The standard InChI is InChI=1S/C16H20ClNS/c1-10-5-11(2)7-13(6-10)8-14(18-4)16-15(17)12(3)9-19-16/h5-7,9,14,18H,8H2,1-4H3. The summed E-state index contributed by atoms with van der Waals surface area (Å²) in [5.74, 6) is 0. The van der Waals surface area contributed by atoms with Crippen molar-refractivity contribution in [1.82, 2.24) is 5.32 Å². The lowest BCUT2D eigenvalue weighted by Gasteiger charge is -2.16. The summed E-state index contributed by atoms with van der Waals surface area (Å²) in [7, 11) is 2.00. The summed E-state index contributed by atoms with van der Waals surface area (Å²) in [4.78, 5) is 1.24. The highest BCUT2D eigenvalue weighted by Gasteiger charge is 2.17. The quantitative estimate of drug-likeness (QED) is 0.851. The number of halogens is 1. The molecule has 1 heterocycles. The Balaban J connectivity index is 2.26. The average Bonchev–Trinajstić information content (AvgIpc) is 2.66. The summed E-state index contributed by atoms with van der Waals surface area (Å²) in [5, 5.41) is 6.43. The normalized spacial score (nSPS) is 12.7. The van der Waals surface area contributed by atoms with Crippen LogP contribution in [0, 0.1) is 20.8 Å². The van der Waals surface area contributed by atoms with Gasteiger partial charge in [-0.1, -0.05) is 40.9 Å². The molecule has 1 aromatic carbocycles. The van der Waals surface area contributed by atoms with Crippen LogP contribution in [0.3, 0.4) is 0 Å². The zero-order valence-corrected chi connectivity index (χ0v) is 13.5. The van der Waals surface area contributed by atoms with Crippen LogP contribution < -0.4 is 5.32 Å². The van der Waals surface area contributed by atoms with Crippen LogP contribution in [0.15, 0.2) is 23.6 Å². The summed E-state index contributed by atoms with van der Waals surface area (Å²) < 4.78 is 0. The molecule has 0 spiro atoms. The molecule has 0 amide bonds. The maximum absolute atomic E-state index is 6.38. The van der Waals surface area contributed by atoms with Crippen LogP contribution in [0.25, 0.3) is 0 Å². The van der Waals surface area contributed by atoms with Crippen molar-refractivity contribution >= 4 is 22.9 Å². The molecule has 0 aliphatic carbocycles. The van der Waals surface area contributed by atoms with E-state index < -0.39 is 0 Å². The SMILES string of the molecule is CNC(Cc1cc(C)cc(C)c1)c1scc(C)c1Cl. The van der Waals surface area contributed by atoms with Crippen LogP contribution in [0.5, 0.6) is 0 Å². The lowest BCUT2D eigenvalue weighted by atomic mass is 10.0. The predicted octanol–water partition coefficient (Wildman–Crippen LogP) is 4.83. The molecule has 0 saturated heterocycles. The molecule has 0 fully saturated rings. The molecule has 1 aromatic heterocycles. The number of nitrogens with one attached hydrogen (secondary N) is 1. The molecular formula is C16H20ClNS. The molecular weight excluding hydrogens is 274 g/mol. The number of rotatable bonds is 4. The zero-order chi connectivity index (χ0) is 14.0. The van der Waals surface area contributed by atoms with Gasteiger partial charge in [0.2, 0.25) is 0 Å². The highest BCUT2D eigenvalue weighted by atomic mass is 35.5. The van der Waals surface area contributed by atoms with Gasteiger partial charge in [0.05, 0.1) is 5.02 Å². The van der Waals surface area contributed by atoms with E-state index in [0.29, 0.717) is 0 Å². The highest BCUT2D eigenvalue weighted by molar-refractivity contribution is 7.10. The summed E-state index contributed by atoms with van der Waals surface area (Å²) >= 11 is 8.12. The van der Waals surface area contributed by atoms with Crippen LogP contribution in [0.1, 0.15) is 33.2 Å². The minimum absolute atomic E-state index is 0.285. The van der Waals surface area contributed by atoms with Crippen LogP contribution in [0.2, 0.25) is 5.02 Å².